The van der Waals surface area contributed by atoms with Gasteiger partial charge in [0.1, 0.15) is 11.6 Å². The fourth-order valence-electron chi connectivity index (χ4n) is 2.11. The first-order chi connectivity index (χ1) is 12.4. The summed E-state index contributed by atoms with van der Waals surface area (Å²) in [5.74, 6) is -0.540. The van der Waals surface area contributed by atoms with E-state index in [9.17, 15) is 13.2 Å². The molecule has 0 atom stereocenters. The molecule has 3 N–H and O–H groups in total. The molecule has 0 bridgehead atoms. The van der Waals surface area contributed by atoms with Crippen LogP contribution in [0.25, 0.3) is 0 Å². The third-order valence-corrected chi connectivity index (χ3v) is 4.27. The Bertz CT molecular complexity index is 948. The lowest BCUT2D eigenvalue weighted by Gasteiger charge is -2.06. The largest absolute Gasteiger partial charge is 0.360 e. The lowest BCUT2D eigenvalue weighted by Crippen LogP contribution is -2.27. The molecule has 0 unspecified atom stereocenters. The van der Waals surface area contributed by atoms with Crippen molar-refractivity contribution in [3.8, 4) is 6.07 Å². The molecule has 0 aliphatic carbocycles. The second kappa shape index (κ2) is 8.80. The zero-order valence-corrected chi connectivity index (χ0v) is 14.5. The van der Waals surface area contributed by atoms with Crippen molar-refractivity contribution in [2.45, 2.75) is 11.3 Å². The molecule has 1 amide bonds. The van der Waals surface area contributed by atoms with Gasteiger partial charge in [-0.05, 0) is 30.2 Å². The van der Waals surface area contributed by atoms with Gasteiger partial charge in [0.2, 0.25) is 0 Å². The van der Waals surface area contributed by atoms with Gasteiger partial charge in [0, 0.05) is 18.4 Å². The Labute approximate surface area is 151 Å². The Morgan fingerprint density at radius 2 is 1.88 bits per heavy atom. The molecule has 0 saturated heterocycles. The van der Waals surface area contributed by atoms with Gasteiger partial charge < -0.3 is 10.6 Å². The maximum Gasteiger partial charge on any atom is 0.294 e. The first-order valence-corrected chi connectivity index (χ1v) is 9.10. The van der Waals surface area contributed by atoms with E-state index in [0.717, 1.165) is 5.56 Å². The maximum atomic E-state index is 12.0. The highest BCUT2D eigenvalue weighted by atomic mass is 32.2. The molecule has 0 aliphatic heterocycles. The maximum absolute atomic E-state index is 12.0. The molecule has 8 heteroatoms. The minimum absolute atomic E-state index is 0.157. The number of nitrogens with one attached hydrogen (secondary N) is 2. The van der Waals surface area contributed by atoms with E-state index in [0.29, 0.717) is 18.7 Å². The van der Waals surface area contributed by atoms with Crippen molar-refractivity contribution in [1.82, 2.24) is 5.32 Å². The third kappa shape index (κ3) is 5.73. The standard InChI is InChI=1S/C18H17N3O4S/c19-12-15(18(22)20-10-9-14-5-2-1-3-6-14)13-21-16-7-4-8-17(11-16)26(23,24)25/h1-8,11,13,21H,9-10H2,(H,20,22)(H,23,24,25)/b15-13-. The average Bonchev–Trinajstić information content (AvgIpc) is 2.63. The number of nitrogens with zero attached hydrogens (tertiary/aromatic N) is 1. The normalized spacial score (nSPS) is 11.5. The van der Waals surface area contributed by atoms with Gasteiger partial charge in [-0.2, -0.15) is 13.7 Å². The number of amides is 1. The Morgan fingerprint density at radius 3 is 2.54 bits per heavy atom. The molecular weight excluding hydrogens is 354 g/mol. The van der Waals surface area contributed by atoms with Crippen LogP contribution in [0.1, 0.15) is 5.56 Å². The first-order valence-electron chi connectivity index (χ1n) is 7.66. The Balaban J connectivity index is 1.97. The number of rotatable bonds is 7. The summed E-state index contributed by atoms with van der Waals surface area (Å²) in [7, 11) is -4.33. The van der Waals surface area contributed by atoms with Crippen LogP contribution in [0.3, 0.4) is 0 Å². The number of carbonyl (C=O) groups is 1. The van der Waals surface area contributed by atoms with E-state index in [-0.39, 0.29) is 10.5 Å². The monoisotopic (exact) mass is 371 g/mol. The number of benzene rings is 2. The molecule has 0 saturated carbocycles. The van der Waals surface area contributed by atoms with Crippen LogP contribution in [0.2, 0.25) is 0 Å². The number of hydrogen-bond acceptors (Lipinski definition) is 5. The van der Waals surface area contributed by atoms with Gasteiger partial charge in [-0.3, -0.25) is 9.35 Å². The SMILES string of the molecule is N#C/C(=C/Nc1cccc(S(=O)(=O)O)c1)C(=O)NCCc1ccccc1. The van der Waals surface area contributed by atoms with Crippen molar-refractivity contribution in [2.24, 2.45) is 0 Å². The van der Waals surface area contributed by atoms with Crippen LogP contribution in [0.15, 0.2) is 71.3 Å². The zero-order chi connectivity index (χ0) is 19.0. The average molecular weight is 371 g/mol. The molecule has 2 aromatic carbocycles. The fourth-order valence-corrected chi connectivity index (χ4v) is 2.64. The quantitative estimate of drug-likeness (QED) is 0.390. The van der Waals surface area contributed by atoms with E-state index in [4.69, 9.17) is 9.81 Å². The predicted octanol–water partition coefficient (Wildman–Crippen LogP) is 2.11. The molecule has 2 rings (SSSR count). The Hall–Kier alpha value is -3.15. The predicted molar refractivity (Wildman–Crippen MR) is 96.7 cm³/mol. The zero-order valence-electron chi connectivity index (χ0n) is 13.7. The van der Waals surface area contributed by atoms with Gasteiger partial charge in [-0.25, -0.2) is 0 Å². The molecule has 0 aliphatic rings. The number of nitriles is 1. The summed E-state index contributed by atoms with van der Waals surface area (Å²) >= 11 is 0. The minimum atomic E-state index is -4.33. The fraction of sp³-hybridized carbons (Fsp3) is 0.111. The van der Waals surface area contributed by atoms with Crippen LogP contribution >= 0.6 is 0 Å². The van der Waals surface area contributed by atoms with Crippen LogP contribution in [-0.2, 0) is 21.3 Å². The topological polar surface area (TPSA) is 119 Å². The van der Waals surface area contributed by atoms with Gasteiger partial charge in [0.05, 0.1) is 4.90 Å². The summed E-state index contributed by atoms with van der Waals surface area (Å²) in [5.41, 5.74) is 1.22. The van der Waals surface area contributed by atoms with Crippen LogP contribution in [-0.4, -0.2) is 25.4 Å². The molecule has 0 radical (unpaired) electrons. The Morgan fingerprint density at radius 1 is 1.15 bits per heavy atom. The summed E-state index contributed by atoms with van der Waals surface area (Å²) in [6, 6.07) is 16.8. The first kappa shape index (κ1) is 19.2. The van der Waals surface area contributed by atoms with Gasteiger partial charge in [0.15, 0.2) is 0 Å². The smallest absolute Gasteiger partial charge is 0.294 e. The van der Waals surface area contributed by atoms with E-state index in [2.05, 4.69) is 10.6 Å². The molecule has 0 aromatic heterocycles. The summed E-state index contributed by atoms with van der Waals surface area (Å²) in [5, 5.41) is 14.4. The summed E-state index contributed by atoms with van der Waals surface area (Å²) < 4.78 is 31.3. The van der Waals surface area contributed by atoms with E-state index in [1.807, 2.05) is 30.3 Å². The number of anilines is 1. The molecule has 26 heavy (non-hydrogen) atoms. The molecule has 0 fully saturated rings. The minimum Gasteiger partial charge on any atom is -0.360 e. The lowest BCUT2D eigenvalue weighted by atomic mass is 10.1. The van der Waals surface area contributed by atoms with Crippen molar-refractivity contribution in [1.29, 1.82) is 5.26 Å². The van der Waals surface area contributed by atoms with Crippen LogP contribution < -0.4 is 10.6 Å². The molecular formula is C18H17N3O4S. The highest BCUT2D eigenvalue weighted by Gasteiger charge is 2.10. The highest BCUT2D eigenvalue weighted by molar-refractivity contribution is 7.85. The van der Waals surface area contributed by atoms with E-state index >= 15 is 0 Å². The molecule has 134 valence electrons. The van der Waals surface area contributed by atoms with Crippen LogP contribution in [0.4, 0.5) is 5.69 Å². The van der Waals surface area contributed by atoms with Crippen molar-refractivity contribution in [3.05, 3.63) is 71.9 Å². The second-order valence-electron chi connectivity index (χ2n) is 5.31. The van der Waals surface area contributed by atoms with E-state index in [1.165, 1.54) is 30.5 Å². The van der Waals surface area contributed by atoms with Gasteiger partial charge in [-0.1, -0.05) is 36.4 Å². The number of hydrogen-bond donors (Lipinski definition) is 3. The molecule has 0 spiro atoms. The second-order valence-corrected chi connectivity index (χ2v) is 6.73. The van der Waals surface area contributed by atoms with E-state index in [1.54, 1.807) is 6.07 Å². The Kier molecular flexibility index (Phi) is 6.49. The van der Waals surface area contributed by atoms with Crippen molar-refractivity contribution < 1.29 is 17.8 Å². The third-order valence-electron chi connectivity index (χ3n) is 3.42. The molecule has 7 nitrogen and oxygen atoms in total. The molecule has 0 heterocycles. The summed E-state index contributed by atoms with van der Waals surface area (Å²) in [6.45, 7) is 0.375. The van der Waals surface area contributed by atoms with Crippen LogP contribution in [0.5, 0.6) is 0 Å². The summed E-state index contributed by atoms with van der Waals surface area (Å²) in [4.78, 5) is 11.7. The van der Waals surface area contributed by atoms with Crippen molar-refractivity contribution in [3.63, 3.8) is 0 Å². The lowest BCUT2D eigenvalue weighted by molar-refractivity contribution is -0.117. The van der Waals surface area contributed by atoms with Gasteiger partial charge in [0.25, 0.3) is 16.0 Å². The number of carbonyl (C=O) groups excluding carboxylic acids is 1. The van der Waals surface area contributed by atoms with Crippen LogP contribution in [0, 0.1) is 11.3 Å². The summed E-state index contributed by atoms with van der Waals surface area (Å²) in [6.07, 6.45) is 1.82. The van der Waals surface area contributed by atoms with Gasteiger partial charge in [-0.15, -0.1) is 0 Å². The molecule has 2 aromatic rings. The highest BCUT2D eigenvalue weighted by Crippen LogP contribution is 2.15. The van der Waals surface area contributed by atoms with Gasteiger partial charge >= 0.3 is 0 Å². The van der Waals surface area contributed by atoms with Crippen molar-refractivity contribution >= 4 is 21.7 Å². The van der Waals surface area contributed by atoms with Crippen molar-refractivity contribution in [2.75, 3.05) is 11.9 Å². The van der Waals surface area contributed by atoms with E-state index < -0.39 is 16.0 Å².